The molecule has 0 saturated heterocycles. The van der Waals surface area contributed by atoms with E-state index in [9.17, 15) is 17.6 Å². The van der Waals surface area contributed by atoms with Gasteiger partial charge in [-0.1, -0.05) is 0 Å². The molecule has 0 bridgehead atoms. The van der Waals surface area contributed by atoms with Gasteiger partial charge in [-0.2, -0.15) is 0 Å². The first-order valence-electron chi connectivity index (χ1n) is 5.27. The summed E-state index contributed by atoms with van der Waals surface area (Å²) in [4.78, 5) is 0. The van der Waals surface area contributed by atoms with Gasteiger partial charge in [0.05, 0.1) is 0 Å². The molecule has 2 fully saturated rings. The van der Waals surface area contributed by atoms with Crippen LogP contribution < -0.4 is 5.73 Å². The first-order valence-corrected chi connectivity index (χ1v) is 5.27. The van der Waals surface area contributed by atoms with Gasteiger partial charge in [0, 0.05) is 31.2 Å². The summed E-state index contributed by atoms with van der Waals surface area (Å²) < 4.78 is 51.1. The van der Waals surface area contributed by atoms with Crippen LogP contribution in [-0.2, 0) is 0 Å². The topological polar surface area (TPSA) is 26.0 Å². The van der Waals surface area contributed by atoms with Gasteiger partial charge in [-0.25, -0.2) is 17.6 Å². The third kappa shape index (κ3) is 2.12. The van der Waals surface area contributed by atoms with Crippen molar-refractivity contribution >= 4 is 0 Å². The minimum atomic E-state index is -2.67. The summed E-state index contributed by atoms with van der Waals surface area (Å²) in [6, 6.07) is 0. The van der Waals surface area contributed by atoms with E-state index in [4.69, 9.17) is 5.73 Å². The average Bonchev–Trinajstić information content (AvgIpc) is 1.99. The fourth-order valence-electron chi connectivity index (χ4n) is 2.81. The Hall–Kier alpha value is -0.320. The van der Waals surface area contributed by atoms with E-state index >= 15 is 0 Å². The summed E-state index contributed by atoms with van der Waals surface area (Å²) in [6.07, 6.45) is -0.532. The zero-order chi connectivity index (χ0) is 11.3. The number of nitrogens with two attached hydrogens (primary N) is 1. The highest BCUT2D eigenvalue weighted by molar-refractivity contribution is 5.08. The van der Waals surface area contributed by atoms with Crippen molar-refractivity contribution in [2.45, 2.75) is 55.9 Å². The molecule has 0 aromatic rings. The molecule has 2 aliphatic rings. The first kappa shape index (κ1) is 11.2. The van der Waals surface area contributed by atoms with Gasteiger partial charge < -0.3 is 5.73 Å². The third-order valence-corrected chi connectivity index (χ3v) is 3.71. The molecule has 0 amide bonds. The summed E-state index contributed by atoms with van der Waals surface area (Å²) in [5.74, 6) is -5.44. The predicted molar refractivity (Wildman–Crippen MR) is 48.0 cm³/mol. The largest absolute Gasteiger partial charge is 0.324 e. The summed E-state index contributed by atoms with van der Waals surface area (Å²) in [7, 11) is 0. The molecule has 2 rings (SSSR count). The van der Waals surface area contributed by atoms with E-state index in [0.717, 1.165) is 0 Å². The lowest BCUT2D eigenvalue weighted by atomic mass is 9.62. The zero-order valence-electron chi connectivity index (χ0n) is 8.41. The van der Waals surface area contributed by atoms with Gasteiger partial charge >= 0.3 is 0 Å². The van der Waals surface area contributed by atoms with Gasteiger partial charge in [0.1, 0.15) is 0 Å². The molecule has 88 valence electrons. The van der Waals surface area contributed by atoms with E-state index < -0.39 is 17.4 Å². The SMILES string of the molecule is NC1(C2CCC(F)(F)CC2)CC(F)(F)C1. The summed E-state index contributed by atoms with van der Waals surface area (Å²) in [5.41, 5.74) is 4.93. The van der Waals surface area contributed by atoms with Crippen molar-refractivity contribution in [1.82, 2.24) is 0 Å². The number of hydrogen-bond acceptors (Lipinski definition) is 1. The molecule has 0 heterocycles. The van der Waals surface area contributed by atoms with Crippen molar-refractivity contribution in [3.05, 3.63) is 0 Å². The minimum Gasteiger partial charge on any atom is -0.324 e. The molecule has 2 saturated carbocycles. The first-order chi connectivity index (χ1) is 6.73. The molecule has 0 radical (unpaired) electrons. The second-order valence-electron chi connectivity index (χ2n) is 5.07. The minimum absolute atomic E-state index is 0.156. The van der Waals surface area contributed by atoms with Crippen LogP contribution in [0.25, 0.3) is 0 Å². The van der Waals surface area contributed by atoms with Crippen LogP contribution in [0.3, 0.4) is 0 Å². The van der Waals surface area contributed by atoms with Gasteiger partial charge in [-0.05, 0) is 18.8 Å². The van der Waals surface area contributed by atoms with Crippen LogP contribution in [0, 0.1) is 5.92 Å². The van der Waals surface area contributed by atoms with E-state index in [0.29, 0.717) is 0 Å². The van der Waals surface area contributed by atoms with Crippen LogP contribution in [0.5, 0.6) is 0 Å². The second-order valence-corrected chi connectivity index (χ2v) is 5.07. The maximum Gasteiger partial charge on any atom is 0.251 e. The quantitative estimate of drug-likeness (QED) is 0.682. The van der Waals surface area contributed by atoms with Crippen molar-refractivity contribution in [2.75, 3.05) is 0 Å². The lowest BCUT2D eigenvalue weighted by molar-refractivity contribution is -0.152. The molecule has 0 unspecified atom stereocenters. The standard InChI is InChI=1S/C10H15F4N/c11-9(12)3-1-7(2-4-9)8(15)5-10(13,14)6-8/h7H,1-6,15H2. The van der Waals surface area contributed by atoms with E-state index in [-0.39, 0.29) is 44.4 Å². The molecule has 0 spiro atoms. The van der Waals surface area contributed by atoms with Crippen LogP contribution in [0.2, 0.25) is 0 Å². The van der Waals surface area contributed by atoms with Crippen LogP contribution in [0.4, 0.5) is 17.6 Å². The number of alkyl halides is 4. The predicted octanol–water partition coefficient (Wildman–Crippen LogP) is 2.94. The van der Waals surface area contributed by atoms with E-state index in [1.165, 1.54) is 0 Å². The van der Waals surface area contributed by atoms with E-state index in [2.05, 4.69) is 0 Å². The van der Waals surface area contributed by atoms with Gasteiger partial charge in [-0.3, -0.25) is 0 Å². The second kappa shape index (κ2) is 3.09. The van der Waals surface area contributed by atoms with Gasteiger partial charge in [0.15, 0.2) is 0 Å². The molecular formula is C10H15F4N. The van der Waals surface area contributed by atoms with Gasteiger partial charge in [0.2, 0.25) is 5.92 Å². The van der Waals surface area contributed by atoms with Crippen molar-refractivity contribution in [1.29, 1.82) is 0 Å². The maximum atomic E-state index is 12.9. The molecular weight excluding hydrogens is 210 g/mol. The number of hydrogen-bond donors (Lipinski definition) is 1. The molecule has 0 aromatic heterocycles. The molecule has 0 aliphatic heterocycles. The smallest absolute Gasteiger partial charge is 0.251 e. The summed E-state index contributed by atoms with van der Waals surface area (Å²) in [5, 5.41) is 0. The Morgan fingerprint density at radius 3 is 1.73 bits per heavy atom. The third-order valence-electron chi connectivity index (χ3n) is 3.71. The lowest BCUT2D eigenvalue weighted by Gasteiger charge is -2.51. The Morgan fingerprint density at radius 1 is 0.867 bits per heavy atom. The van der Waals surface area contributed by atoms with Crippen LogP contribution >= 0.6 is 0 Å². The fourth-order valence-corrected chi connectivity index (χ4v) is 2.81. The molecule has 15 heavy (non-hydrogen) atoms. The molecule has 0 atom stereocenters. The molecule has 1 nitrogen and oxygen atoms in total. The zero-order valence-corrected chi connectivity index (χ0v) is 8.41. The van der Waals surface area contributed by atoms with Crippen LogP contribution in [0.15, 0.2) is 0 Å². The van der Waals surface area contributed by atoms with Gasteiger partial charge in [0.25, 0.3) is 5.92 Å². The lowest BCUT2D eigenvalue weighted by Crippen LogP contribution is -2.63. The van der Waals surface area contributed by atoms with Crippen molar-refractivity contribution in [3.8, 4) is 0 Å². The fraction of sp³-hybridized carbons (Fsp3) is 1.00. The Morgan fingerprint density at radius 2 is 1.33 bits per heavy atom. The maximum absolute atomic E-state index is 12.9. The summed E-state index contributed by atoms with van der Waals surface area (Å²) >= 11 is 0. The monoisotopic (exact) mass is 225 g/mol. The molecule has 5 heteroatoms. The summed E-state index contributed by atoms with van der Waals surface area (Å²) in [6.45, 7) is 0. The van der Waals surface area contributed by atoms with E-state index in [1.54, 1.807) is 0 Å². The Labute approximate surface area is 86.0 Å². The molecule has 2 aliphatic carbocycles. The van der Waals surface area contributed by atoms with Crippen molar-refractivity contribution in [3.63, 3.8) is 0 Å². The number of halogens is 4. The van der Waals surface area contributed by atoms with Crippen LogP contribution in [0.1, 0.15) is 38.5 Å². The average molecular weight is 225 g/mol. The van der Waals surface area contributed by atoms with E-state index in [1.807, 2.05) is 0 Å². The molecule has 0 aromatic carbocycles. The van der Waals surface area contributed by atoms with Gasteiger partial charge in [-0.15, -0.1) is 0 Å². The Balaban J connectivity index is 1.92. The Kier molecular flexibility index (Phi) is 2.30. The van der Waals surface area contributed by atoms with Crippen molar-refractivity contribution < 1.29 is 17.6 Å². The Bertz CT molecular complexity index is 246. The highest BCUT2D eigenvalue weighted by Crippen LogP contribution is 2.52. The van der Waals surface area contributed by atoms with Crippen LogP contribution in [-0.4, -0.2) is 17.4 Å². The molecule has 2 N–H and O–H groups in total. The van der Waals surface area contributed by atoms with Crippen molar-refractivity contribution in [2.24, 2.45) is 11.7 Å². The highest BCUT2D eigenvalue weighted by Gasteiger charge is 2.58. The highest BCUT2D eigenvalue weighted by atomic mass is 19.3. The normalized spacial score (nSPS) is 33.4. The number of rotatable bonds is 1.